The minimum absolute atomic E-state index is 0.131. The molecule has 0 aliphatic heterocycles. The molecule has 0 aromatic heterocycles. The second kappa shape index (κ2) is 8.79. The van der Waals surface area contributed by atoms with Crippen LogP contribution >= 0.6 is 0 Å². The van der Waals surface area contributed by atoms with Crippen molar-refractivity contribution in [3.05, 3.63) is 12.2 Å². The molecular weight excluding hydrogens is 148 g/mol. The zero-order valence-corrected chi connectivity index (χ0v) is 8.42. The molecule has 1 nitrogen and oxygen atoms in total. The first kappa shape index (κ1) is 11.7. The Bertz CT molecular complexity index is 106. The molecule has 0 aromatic carbocycles. The normalized spacial score (nSPS) is 13.9. The molecule has 0 unspecified atom stereocenters. The lowest BCUT2D eigenvalue weighted by Gasteiger charge is -1.99. The van der Waals surface area contributed by atoms with Crippen molar-refractivity contribution in [2.45, 2.75) is 58.5 Å². The summed E-state index contributed by atoms with van der Waals surface area (Å²) in [5.74, 6) is 0. The molecule has 0 radical (unpaired) electrons. The lowest BCUT2D eigenvalue weighted by atomic mass is 10.1. The monoisotopic (exact) mass is 170 g/mol. The summed E-state index contributed by atoms with van der Waals surface area (Å²) in [6.07, 6.45) is 11.3. The van der Waals surface area contributed by atoms with Gasteiger partial charge >= 0.3 is 0 Å². The minimum Gasteiger partial charge on any atom is -0.393 e. The molecule has 0 aliphatic rings. The number of rotatable bonds is 7. The van der Waals surface area contributed by atoms with Gasteiger partial charge < -0.3 is 5.11 Å². The fraction of sp³-hybridized carbons (Fsp3) is 0.818. The van der Waals surface area contributed by atoms with E-state index in [1.165, 1.54) is 19.3 Å². The van der Waals surface area contributed by atoms with Crippen LogP contribution in [0.4, 0.5) is 0 Å². The molecule has 0 spiro atoms. The molecule has 72 valence electrons. The van der Waals surface area contributed by atoms with Crippen molar-refractivity contribution in [1.82, 2.24) is 0 Å². The predicted octanol–water partition coefficient (Wildman–Crippen LogP) is 3.28. The van der Waals surface area contributed by atoms with Crippen molar-refractivity contribution in [3.63, 3.8) is 0 Å². The zero-order chi connectivity index (χ0) is 9.23. The molecule has 0 saturated heterocycles. The minimum atomic E-state index is -0.131. The highest BCUT2D eigenvalue weighted by molar-refractivity contribution is 4.81. The van der Waals surface area contributed by atoms with Crippen molar-refractivity contribution < 1.29 is 5.11 Å². The summed E-state index contributed by atoms with van der Waals surface area (Å²) in [6, 6.07) is 0. The van der Waals surface area contributed by atoms with Crippen LogP contribution in [0.25, 0.3) is 0 Å². The maximum Gasteiger partial charge on any atom is 0.0512 e. The van der Waals surface area contributed by atoms with Crippen LogP contribution < -0.4 is 0 Å². The number of hydrogen-bond donors (Lipinski definition) is 1. The summed E-state index contributed by atoms with van der Waals surface area (Å²) in [5.41, 5.74) is 0. The first-order valence-corrected chi connectivity index (χ1v) is 5.10. The molecule has 1 N–H and O–H groups in total. The third-order valence-electron chi connectivity index (χ3n) is 1.88. The first-order valence-electron chi connectivity index (χ1n) is 5.10. The molecule has 0 heterocycles. The number of allylic oxidation sites excluding steroid dienone is 2. The molecule has 0 aliphatic carbocycles. The molecule has 0 amide bonds. The quantitative estimate of drug-likeness (QED) is 0.459. The Morgan fingerprint density at radius 3 is 2.25 bits per heavy atom. The second-order valence-corrected chi connectivity index (χ2v) is 3.39. The number of aliphatic hydroxyl groups is 1. The summed E-state index contributed by atoms with van der Waals surface area (Å²) in [5, 5.41) is 8.97. The molecule has 12 heavy (non-hydrogen) atoms. The van der Waals surface area contributed by atoms with Gasteiger partial charge in [0.2, 0.25) is 0 Å². The summed E-state index contributed by atoms with van der Waals surface area (Å²) in [4.78, 5) is 0. The first-order chi connectivity index (χ1) is 5.77. The third kappa shape index (κ3) is 9.70. The smallest absolute Gasteiger partial charge is 0.0512 e. The second-order valence-electron chi connectivity index (χ2n) is 3.39. The Kier molecular flexibility index (Phi) is 8.57. The molecule has 1 atom stereocenters. The van der Waals surface area contributed by atoms with Crippen LogP contribution in [-0.2, 0) is 0 Å². The Morgan fingerprint density at radius 2 is 1.75 bits per heavy atom. The molecular formula is C11H22O. The molecule has 0 rings (SSSR count). The van der Waals surface area contributed by atoms with Gasteiger partial charge in [0.1, 0.15) is 0 Å². The summed E-state index contributed by atoms with van der Waals surface area (Å²) in [6.45, 7) is 4.06. The molecule has 0 saturated carbocycles. The van der Waals surface area contributed by atoms with Gasteiger partial charge in [-0.3, -0.25) is 0 Å². The number of unbranched alkanes of at least 4 members (excludes halogenated alkanes) is 3. The van der Waals surface area contributed by atoms with Crippen LogP contribution in [0.3, 0.4) is 0 Å². The predicted molar refractivity (Wildman–Crippen MR) is 54.2 cm³/mol. The van der Waals surface area contributed by atoms with Gasteiger partial charge in [-0.05, 0) is 32.6 Å². The average molecular weight is 170 g/mol. The largest absolute Gasteiger partial charge is 0.393 e. The van der Waals surface area contributed by atoms with Gasteiger partial charge in [-0.25, -0.2) is 0 Å². The van der Waals surface area contributed by atoms with Gasteiger partial charge in [-0.15, -0.1) is 0 Å². The van der Waals surface area contributed by atoms with Crippen molar-refractivity contribution in [1.29, 1.82) is 0 Å². The highest BCUT2D eigenvalue weighted by Crippen LogP contribution is 2.02. The van der Waals surface area contributed by atoms with E-state index in [0.717, 1.165) is 19.3 Å². The topological polar surface area (TPSA) is 20.2 Å². The van der Waals surface area contributed by atoms with E-state index in [4.69, 9.17) is 5.11 Å². The Labute approximate surface area is 76.5 Å². The third-order valence-corrected chi connectivity index (χ3v) is 1.88. The molecule has 0 fully saturated rings. The van der Waals surface area contributed by atoms with Crippen molar-refractivity contribution in [3.8, 4) is 0 Å². The van der Waals surface area contributed by atoms with Crippen LogP contribution in [0.2, 0.25) is 0 Å². The van der Waals surface area contributed by atoms with Gasteiger partial charge in [0.05, 0.1) is 6.10 Å². The molecule has 1 heteroatoms. The van der Waals surface area contributed by atoms with Crippen LogP contribution in [0, 0.1) is 0 Å². The number of aliphatic hydroxyl groups excluding tert-OH is 1. The lowest BCUT2D eigenvalue weighted by Crippen LogP contribution is -1.97. The Morgan fingerprint density at radius 1 is 1.17 bits per heavy atom. The van der Waals surface area contributed by atoms with E-state index in [2.05, 4.69) is 19.1 Å². The van der Waals surface area contributed by atoms with E-state index in [9.17, 15) is 0 Å². The van der Waals surface area contributed by atoms with E-state index in [0.29, 0.717) is 0 Å². The fourth-order valence-corrected chi connectivity index (χ4v) is 1.09. The van der Waals surface area contributed by atoms with Crippen molar-refractivity contribution in [2.75, 3.05) is 0 Å². The van der Waals surface area contributed by atoms with Crippen LogP contribution in [0.15, 0.2) is 12.2 Å². The summed E-state index contributed by atoms with van der Waals surface area (Å²) in [7, 11) is 0. The van der Waals surface area contributed by atoms with Gasteiger partial charge in [0.25, 0.3) is 0 Å². The maximum atomic E-state index is 8.97. The Hall–Kier alpha value is -0.300. The average Bonchev–Trinajstić information content (AvgIpc) is 2.02. The number of hydrogen-bond acceptors (Lipinski definition) is 1. The van der Waals surface area contributed by atoms with Gasteiger partial charge in [0, 0.05) is 0 Å². The van der Waals surface area contributed by atoms with E-state index in [-0.39, 0.29) is 6.10 Å². The van der Waals surface area contributed by atoms with Gasteiger partial charge in [-0.1, -0.05) is 31.9 Å². The van der Waals surface area contributed by atoms with Crippen LogP contribution in [-0.4, -0.2) is 11.2 Å². The van der Waals surface area contributed by atoms with Crippen molar-refractivity contribution in [2.24, 2.45) is 0 Å². The molecule has 0 bridgehead atoms. The highest BCUT2D eigenvalue weighted by Gasteiger charge is 1.92. The Balaban J connectivity index is 3.03. The highest BCUT2D eigenvalue weighted by atomic mass is 16.3. The maximum absolute atomic E-state index is 8.97. The van der Waals surface area contributed by atoms with Gasteiger partial charge in [0.15, 0.2) is 0 Å². The SMILES string of the molecule is CCCC/C=C\CCC[C@H](C)O. The van der Waals surface area contributed by atoms with Gasteiger partial charge in [-0.2, -0.15) is 0 Å². The summed E-state index contributed by atoms with van der Waals surface area (Å²) >= 11 is 0. The van der Waals surface area contributed by atoms with E-state index in [1.807, 2.05) is 6.92 Å². The van der Waals surface area contributed by atoms with Crippen molar-refractivity contribution >= 4 is 0 Å². The van der Waals surface area contributed by atoms with Crippen LogP contribution in [0.5, 0.6) is 0 Å². The van der Waals surface area contributed by atoms with E-state index < -0.39 is 0 Å². The van der Waals surface area contributed by atoms with E-state index >= 15 is 0 Å². The standard InChI is InChI=1S/C11H22O/c1-3-4-5-6-7-8-9-10-11(2)12/h6-7,11-12H,3-5,8-10H2,1-2H3/b7-6-/t11-/m0/s1. The summed E-state index contributed by atoms with van der Waals surface area (Å²) < 4.78 is 0. The molecule has 0 aromatic rings. The fourth-order valence-electron chi connectivity index (χ4n) is 1.09. The lowest BCUT2D eigenvalue weighted by molar-refractivity contribution is 0.182. The van der Waals surface area contributed by atoms with E-state index in [1.54, 1.807) is 0 Å². The van der Waals surface area contributed by atoms with Crippen LogP contribution in [0.1, 0.15) is 52.4 Å². The zero-order valence-electron chi connectivity index (χ0n) is 8.42.